The minimum atomic E-state index is -3.93. The molecule has 6 nitrogen and oxygen atoms in total. The first kappa shape index (κ1) is 15.4. The molecule has 0 amide bonds. The number of nitrogens with zero attached hydrogens (tertiary/aromatic N) is 1. The zero-order valence-corrected chi connectivity index (χ0v) is 12.8. The van der Waals surface area contributed by atoms with Gasteiger partial charge < -0.3 is 10.3 Å². The second-order valence-electron chi connectivity index (χ2n) is 4.31. The van der Waals surface area contributed by atoms with Gasteiger partial charge in [-0.3, -0.25) is 9.52 Å². The van der Waals surface area contributed by atoms with Crippen molar-refractivity contribution in [2.75, 3.05) is 10.5 Å². The van der Waals surface area contributed by atoms with Crippen molar-refractivity contribution in [3.63, 3.8) is 0 Å². The highest BCUT2D eigenvalue weighted by Gasteiger charge is 2.21. The predicted molar refractivity (Wildman–Crippen MR) is 83.0 cm³/mol. The summed E-state index contributed by atoms with van der Waals surface area (Å²) in [4.78, 5) is 11.3. The lowest BCUT2D eigenvalue weighted by atomic mass is 10.3. The summed E-state index contributed by atoms with van der Waals surface area (Å²) in [5.74, 6) is 0. The van der Waals surface area contributed by atoms with E-state index in [4.69, 9.17) is 17.3 Å². The van der Waals surface area contributed by atoms with Crippen LogP contribution in [0.1, 0.15) is 6.92 Å². The molecular formula is C13H14ClN3O3S. The highest BCUT2D eigenvalue weighted by Crippen LogP contribution is 2.28. The molecule has 0 atom stereocenters. The van der Waals surface area contributed by atoms with Crippen LogP contribution in [0.15, 0.2) is 46.2 Å². The van der Waals surface area contributed by atoms with Gasteiger partial charge in [0.1, 0.15) is 4.90 Å². The average Bonchev–Trinajstić information content (AvgIpc) is 2.40. The van der Waals surface area contributed by atoms with Gasteiger partial charge in [0.05, 0.1) is 16.4 Å². The van der Waals surface area contributed by atoms with Crippen molar-refractivity contribution in [1.29, 1.82) is 0 Å². The molecule has 1 aromatic carbocycles. The molecule has 21 heavy (non-hydrogen) atoms. The average molecular weight is 328 g/mol. The first-order valence-corrected chi connectivity index (χ1v) is 7.98. The van der Waals surface area contributed by atoms with Crippen LogP contribution in [0.25, 0.3) is 0 Å². The molecule has 8 heteroatoms. The molecule has 0 saturated carbocycles. The highest BCUT2D eigenvalue weighted by molar-refractivity contribution is 7.93. The van der Waals surface area contributed by atoms with Crippen molar-refractivity contribution in [3.05, 3.63) is 51.9 Å². The molecule has 1 aromatic heterocycles. The molecule has 0 unspecified atom stereocenters. The molecule has 2 aromatic rings. The van der Waals surface area contributed by atoms with Crippen molar-refractivity contribution < 1.29 is 8.42 Å². The number of nitrogens with two attached hydrogens (primary N) is 1. The summed E-state index contributed by atoms with van der Waals surface area (Å²) in [6.45, 7) is 2.22. The predicted octanol–water partition coefficient (Wildman–Crippen LogP) is 1.90. The molecular weight excluding hydrogens is 314 g/mol. The fourth-order valence-electron chi connectivity index (χ4n) is 1.85. The number of aromatic nitrogens is 1. The molecule has 0 radical (unpaired) electrons. The molecule has 2 rings (SSSR count). The number of halogens is 1. The Labute approximate surface area is 127 Å². The molecule has 1 heterocycles. The first-order chi connectivity index (χ1) is 9.85. The topological polar surface area (TPSA) is 94.2 Å². The van der Waals surface area contributed by atoms with Gasteiger partial charge >= 0.3 is 0 Å². The second-order valence-corrected chi connectivity index (χ2v) is 6.33. The molecule has 112 valence electrons. The van der Waals surface area contributed by atoms with Crippen LogP contribution < -0.4 is 16.0 Å². The number of nitrogen functional groups attached to an aromatic ring is 1. The van der Waals surface area contributed by atoms with E-state index < -0.39 is 10.0 Å². The zero-order valence-electron chi connectivity index (χ0n) is 11.2. The van der Waals surface area contributed by atoms with Gasteiger partial charge in [-0.2, -0.15) is 0 Å². The van der Waals surface area contributed by atoms with Crippen LogP contribution in [0, 0.1) is 0 Å². The lowest BCUT2D eigenvalue weighted by Gasteiger charge is -2.12. The van der Waals surface area contributed by atoms with E-state index >= 15 is 0 Å². The summed E-state index contributed by atoms with van der Waals surface area (Å²) < 4.78 is 28.5. The van der Waals surface area contributed by atoms with Gasteiger partial charge in [-0.25, -0.2) is 8.42 Å². The fourth-order valence-corrected chi connectivity index (χ4v) is 3.58. The lowest BCUT2D eigenvalue weighted by molar-refractivity contribution is 0.601. The van der Waals surface area contributed by atoms with Crippen LogP contribution >= 0.6 is 11.6 Å². The number of benzene rings is 1. The van der Waals surface area contributed by atoms with Gasteiger partial charge in [-0.1, -0.05) is 17.7 Å². The van der Waals surface area contributed by atoms with Crippen LogP contribution in [-0.4, -0.2) is 13.0 Å². The minimum Gasteiger partial charge on any atom is -0.398 e. The number of nitrogens with one attached hydrogen (secondary N) is 1. The summed E-state index contributed by atoms with van der Waals surface area (Å²) in [5, 5.41) is 0.0336. The Kier molecular flexibility index (Phi) is 4.24. The van der Waals surface area contributed by atoms with Crippen LogP contribution in [0.4, 0.5) is 11.4 Å². The third-order valence-electron chi connectivity index (χ3n) is 2.84. The summed E-state index contributed by atoms with van der Waals surface area (Å²) in [6, 6.07) is 7.14. The van der Waals surface area contributed by atoms with Crippen LogP contribution in [0.2, 0.25) is 5.02 Å². The lowest BCUT2D eigenvalue weighted by Crippen LogP contribution is -2.20. The number of sulfonamides is 1. The van der Waals surface area contributed by atoms with Crippen LogP contribution in [0.3, 0.4) is 0 Å². The number of rotatable bonds is 4. The molecule has 0 aliphatic rings. The summed E-state index contributed by atoms with van der Waals surface area (Å²) in [5.41, 5.74) is 5.79. The van der Waals surface area contributed by atoms with E-state index in [1.165, 1.54) is 35.0 Å². The van der Waals surface area contributed by atoms with E-state index in [0.29, 0.717) is 6.54 Å². The summed E-state index contributed by atoms with van der Waals surface area (Å²) >= 11 is 5.91. The van der Waals surface area contributed by atoms with E-state index in [9.17, 15) is 13.2 Å². The largest absolute Gasteiger partial charge is 0.398 e. The van der Waals surface area contributed by atoms with E-state index in [1.54, 1.807) is 13.0 Å². The van der Waals surface area contributed by atoms with E-state index in [1.807, 2.05) is 0 Å². The minimum absolute atomic E-state index is 0.0336. The van der Waals surface area contributed by atoms with Gasteiger partial charge in [-0.05, 0) is 25.1 Å². The van der Waals surface area contributed by atoms with E-state index in [0.717, 1.165) is 0 Å². The quantitative estimate of drug-likeness (QED) is 0.839. The number of anilines is 2. The van der Waals surface area contributed by atoms with Crippen molar-refractivity contribution in [1.82, 2.24) is 4.57 Å². The standard InChI is InChI=1S/C13H14ClN3O3S/c1-2-17-8-9(6-7-12(17)18)16-21(19,20)13-10(14)4-3-5-11(13)15/h3-8,16H,2,15H2,1H3. The van der Waals surface area contributed by atoms with E-state index in [-0.39, 0.29) is 26.9 Å². The Morgan fingerprint density at radius 2 is 2.00 bits per heavy atom. The Balaban J connectivity index is 2.45. The number of hydrogen-bond acceptors (Lipinski definition) is 4. The molecule has 0 bridgehead atoms. The van der Waals surface area contributed by atoms with Crippen molar-refractivity contribution in [2.24, 2.45) is 0 Å². The number of hydrogen-bond donors (Lipinski definition) is 2. The summed E-state index contributed by atoms with van der Waals surface area (Å²) in [6.07, 6.45) is 1.42. The Bertz CT molecular complexity index is 811. The molecule has 0 fully saturated rings. The number of pyridine rings is 1. The maximum absolute atomic E-state index is 12.4. The van der Waals surface area contributed by atoms with Gasteiger partial charge in [0, 0.05) is 18.8 Å². The van der Waals surface area contributed by atoms with E-state index in [2.05, 4.69) is 4.72 Å². The van der Waals surface area contributed by atoms with Gasteiger partial charge in [0.15, 0.2) is 0 Å². The monoisotopic (exact) mass is 327 g/mol. The van der Waals surface area contributed by atoms with Gasteiger partial charge in [-0.15, -0.1) is 0 Å². The normalized spacial score (nSPS) is 11.3. The highest BCUT2D eigenvalue weighted by atomic mass is 35.5. The third-order valence-corrected chi connectivity index (χ3v) is 4.77. The van der Waals surface area contributed by atoms with Crippen LogP contribution in [-0.2, 0) is 16.6 Å². The maximum Gasteiger partial charge on any atom is 0.265 e. The SMILES string of the molecule is CCn1cc(NS(=O)(=O)c2c(N)cccc2Cl)ccc1=O. The van der Waals surface area contributed by atoms with Gasteiger partial charge in [0.25, 0.3) is 15.6 Å². The third kappa shape index (κ3) is 3.20. The Hall–Kier alpha value is -1.99. The smallest absolute Gasteiger partial charge is 0.265 e. The number of aryl methyl sites for hydroxylation is 1. The Morgan fingerprint density at radius 3 is 2.62 bits per heavy atom. The summed E-state index contributed by atoms with van der Waals surface area (Å²) in [7, 11) is -3.93. The van der Waals surface area contributed by atoms with Gasteiger partial charge in [0.2, 0.25) is 0 Å². The molecule has 0 aliphatic heterocycles. The molecule has 0 aliphatic carbocycles. The fraction of sp³-hybridized carbons (Fsp3) is 0.154. The van der Waals surface area contributed by atoms with Crippen molar-refractivity contribution in [2.45, 2.75) is 18.4 Å². The van der Waals surface area contributed by atoms with Crippen LogP contribution in [0.5, 0.6) is 0 Å². The molecule has 0 saturated heterocycles. The maximum atomic E-state index is 12.4. The zero-order chi connectivity index (χ0) is 15.6. The molecule has 3 N–H and O–H groups in total. The second kappa shape index (κ2) is 5.79. The first-order valence-electron chi connectivity index (χ1n) is 6.12. The van der Waals surface area contributed by atoms with Crippen molar-refractivity contribution >= 4 is 33.0 Å². The molecule has 0 spiro atoms. The Morgan fingerprint density at radius 1 is 1.29 bits per heavy atom. The van der Waals surface area contributed by atoms with Crippen molar-refractivity contribution in [3.8, 4) is 0 Å².